The zero-order chi connectivity index (χ0) is 20.9. The van der Waals surface area contributed by atoms with E-state index < -0.39 is 0 Å². The number of ether oxygens (including phenoxy) is 2. The molecular formula is C22H22N4O3S. The highest BCUT2D eigenvalue weighted by Gasteiger charge is 2.13. The van der Waals surface area contributed by atoms with Gasteiger partial charge < -0.3 is 9.47 Å². The molecule has 0 saturated heterocycles. The van der Waals surface area contributed by atoms with Gasteiger partial charge in [0.05, 0.1) is 25.8 Å². The van der Waals surface area contributed by atoms with Gasteiger partial charge in [-0.25, -0.2) is 4.52 Å². The summed E-state index contributed by atoms with van der Waals surface area (Å²) in [6.45, 7) is 2.39. The van der Waals surface area contributed by atoms with Gasteiger partial charge in [-0.2, -0.15) is 4.98 Å². The lowest BCUT2D eigenvalue weighted by Crippen LogP contribution is -2.16. The minimum absolute atomic E-state index is 0.190. The zero-order valence-electron chi connectivity index (χ0n) is 16.8. The predicted octanol–water partition coefficient (Wildman–Crippen LogP) is 4.44. The van der Waals surface area contributed by atoms with Gasteiger partial charge in [0.2, 0.25) is 16.8 Å². The van der Waals surface area contributed by atoms with Crippen molar-refractivity contribution in [1.29, 1.82) is 0 Å². The second-order valence-corrected chi connectivity index (χ2v) is 7.46. The van der Waals surface area contributed by atoms with Gasteiger partial charge in [0.15, 0.2) is 0 Å². The number of rotatable bonds is 8. The molecule has 30 heavy (non-hydrogen) atoms. The van der Waals surface area contributed by atoms with Crippen LogP contribution in [0.4, 0.5) is 5.95 Å². The Balaban J connectivity index is 1.36. The third-order valence-electron chi connectivity index (χ3n) is 4.65. The summed E-state index contributed by atoms with van der Waals surface area (Å²) in [6.07, 6.45) is 1.20. The van der Waals surface area contributed by atoms with E-state index in [2.05, 4.69) is 22.3 Å². The minimum Gasteiger partial charge on any atom is -0.497 e. The number of aromatic nitrogens is 3. The Labute approximate surface area is 178 Å². The van der Waals surface area contributed by atoms with Crippen molar-refractivity contribution in [3.8, 4) is 22.8 Å². The fraction of sp³-hybridized carbons (Fsp3) is 0.227. The first-order chi connectivity index (χ1) is 14.7. The van der Waals surface area contributed by atoms with Gasteiger partial charge in [-0.15, -0.1) is 16.4 Å². The molecule has 2 aromatic heterocycles. The fourth-order valence-electron chi connectivity index (χ4n) is 2.96. The average molecular weight is 423 g/mol. The monoisotopic (exact) mass is 422 g/mol. The molecule has 0 radical (unpaired) electrons. The summed E-state index contributed by atoms with van der Waals surface area (Å²) in [6, 6.07) is 15.6. The number of nitrogens with one attached hydrogen (secondary N) is 1. The number of anilines is 1. The van der Waals surface area contributed by atoms with Gasteiger partial charge in [-0.3, -0.25) is 10.1 Å². The molecule has 4 aromatic rings. The molecule has 0 aliphatic heterocycles. The number of carbonyl (C=O) groups is 1. The molecule has 8 heteroatoms. The molecule has 7 nitrogen and oxygen atoms in total. The van der Waals surface area contributed by atoms with Crippen molar-refractivity contribution in [1.82, 2.24) is 14.6 Å². The topological polar surface area (TPSA) is 77.8 Å². The second-order valence-electron chi connectivity index (χ2n) is 6.62. The first kappa shape index (κ1) is 19.9. The van der Waals surface area contributed by atoms with Crippen LogP contribution in [-0.2, 0) is 11.2 Å². The van der Waals surface area contributed by atoms with Crippen molar-refractivity contribution in [3.05, 3.63) is 59.5 Å². The number of thiazole rings is 1. The predicted molar refractivity (Wildman–Crippen MR) is 117 cm³/mol. The van der Waals surface area contributed by atoms with E-state index in [1.54, 1.807) is 11.6 Å². The number of amides is 1. The van der Waals surface area contributed by atoms with Crippen LogP contribution in [0.3, 0.4) is 0 Å². The van der Waals surface area contributed by atoms with Gasteiger partial charge in [0.1, 0.15) is 11.5 Å². The summed E-state index contributed by atoms with van der Waals surface area (Å²) in [7, 11) is 1.64. The number of aryl methyl sites for hydroxylation is 1. The second kappa shape index (κ2) is 8.96. The average Bonchev–Trinajstić information content (AvgIpc) is 3.34. The highest BCUT2D eigenvalue weighted by molar-refractivity contribution is 7.15. The molecule has 2 aromatic carbocycles. The number of hydrogen-bond donors (Lipinski definition) is 1. The lowest BCUT2D eigenvalue weighted by Gasteiger charge is -2.06. The van der Waals surface area contributed by atoms with Gasteiger partial charge in [0.25, 0.3) is 0 Å². The normalized spacial score (nSPS) is 10.9. The van der Waals surface area contributed by atoms with Crippen molar-refractivity contribution in [2.24, 2.45) is 0 Å². The molecule has 0 bridgehead atoms. The third kappa shape index (κ3) is 4.44. The van der Waals surface area contributed by atoms with E-state index in [4.69, 9.17) is 9.47 Å². The molecule has 4 rings (SSSR count). The van der Waals surface area contributed by atoms with E-state index in [0.29, 0.717) is 4.96 Å². The van der Waals surface area contributed by atoms with Crippen LogP contribution in [-0.4, -0.2) is 34.2 Å². The summed E-state index contributed by atoms with van der Waals surface area (Å²) >= 11 is 1.47. The van der Waals surface area contributed by atoms with Crippen molar-refractivity contribution >= 4 is 28.2 Å². The Kier molecular flexibility index (Phi) is 5.94. The van der Waals surface area contributed by atoms with Crippen LogP contribution in [0, 0.1) is 0 Å². The zero-order valence-corrected chi connectivity index (χ0v) is 17.6. The summed E-state index contributed by atoms with van der Waals surface area (Å²) in [4.78, 5) is 17.3. The van der Waals surface area contributed by atoms with Crippen LogP contribution < -0.4 is 14.8 Å². The van der Waals surface area contributed by atoms with E-state index in [9.17, 15) is 4.79 Å². The molecular weight excluding hydrogens is 400 g/mol. The van der Waals surface area contributed by atoms with Crippen LogP contribution >= 0.6 is 11.3 Å². The van der Waals surface area contributed by atoms with Crippen LogP contribution in [0.2, 0.25) is 0 Å². The molecule has 1 amide bonds. The minimum atomic E-state index is -0.190. The quantitative estimate of drug-likeness (QED) is 0.454. The van der Waals surface area contributed by atoms with Crippen molar-refractivity contribution in [2.45, 2.75) is 19.8 Å². The standard InChI is InChI=1S/C22H22N4O3S/c1-3-15-4-8-18(9-5-15)29-13-12-20(27)23-21-24-22-26(25-21)19(14-30-22)16-6-10-17(28-2)11-7-16/h4-11,14H,3,12-13H2,1-2H3,(H,23,25,27). The van der Waals surface area contributed by atoms with E-state index in [1.165, 1.54) is 16.9 Å². The largest absolute Gasteiger partial charge is 0.497 e. The third-order valence-corrected chi connectivity index (χ3v) is 5.46. The van der Waals surface area contributed by atoms with E-state index in [-0.39, 0.29) is 24.9 Å². The molecule has 0 spiro atoms. The Morgan fingerprint density at radius 2 is 1.83 bits per heavy atom. The Bertz CT molecular complexity index is 1130. The summed E-state index contributed by atoms with van der Waals surface area (Å²) < 4.78 is 12.6. The number of carbonyl (C=O) groups excluding carboxylic acids is 1. The number of hydrogen-bond acceptors (Lipinski definition) is 6. The lowest BCUT2D eigenvalue weighted by atomic mass is 10.2. The van der Waals surface area contributed by atoms with Crippen molar-refractivity contribution in [2.75, 3.05) is 19.0 Å². The van der Waals surface area contributed by atoms with Gasteiger partial charge >= 0.3 is 0 Å². The number of nitrogens with zero attached hydrogens (tertiary/aromatic N) is 3. The van der Waals surface area contributed by atoms with Gasteiger partial charge in [0, 0.05) is 10.9 Å². The summed E-state index contributed by atoms with van der Waals surface area (Å²) in [5, 5.41) is 9.16. The lowest BCUT2D eigenvalue weighted by molar-refractivity contribution is -0.116. The molecule has 154 valence electrons. The first-order valence-electron chi connectivity index (χ1n) is 9.66. The van der Waals surface area contributed by atoms with Gasteiger partial charge in [-0.1, -0.05) is 19.1 Å². The van der Waals surface area contributed by atoms with E-state index in [0.717, 1.165) is 29.2 Å². The molecule has 0 fully saturated rings. The van der Waals surface area contributed by atoms with Gasteiger partial charge in [-0.05, 0) is 48.4 Å². The number of benzene rings is 2. The first-order valence-corrected chi connectivity index (χ1v) is 10.5. The maximum absolute atomic E-state index is 12.2. The summed E-state index contributed by atoms with van der Waals surface area (Å²) in [5.74, 6) is 1.64. The molecule has 0 aliphatic carbocycles. The van der Waals surface area contributed by atoms with Crippen molar-refractivity contribution in [3.63, 3.8) is 0 Å². The number of fused-ring (bicyclic) bond motifs is 1. The highest BCUT2D eigenvalue weighted by Crippen LogP contribution is 2.27. The van der Waals surface area contributed by atoms with Crippen LogP contribution in [0.25, 0.3) is 16.2 Å². The highest BCUT2D eigenvalue weighted by atomic mass is 32.1. The van der Waals surface area contributed by atoms with E-state index >= 15 is 0 Å². The summed E-state index contributed by atoms with van der Waals surface area (Å²) in [5.41, 5.74) is 3.15. The molecule has 0 atom stereocenters. The molecule has 0 aliphatic rings. The maximum Gasteiger partial charge on any atom is 0.250 e. The van der Waals surface area contributed by atoms with Crippen molar-refractivity contribution < 1.29 is 14.3 Å². The molecule has 0 unspecified atom stereocenters. The molecule has 1 N–H and O–H groups in total. The number of methoxy groups -OCH3 is 1. The smallest absolute Gasteiger partial charge is 0.250 e. The fourth-order valence-corrected chi connectivity index (χ4v) is 3.80. The van der Waals surface area contributed by atoms with Crippen LogP contribution in [0.15, 0.2) is 53.9 Å². The van der Waals surface area contributed by atoms with Crippen LogP contribution in [0.1, 0.15) is 18.9 Å². The molecule has 0 saturated carbocycles. The van der Waals surface area contributed by atoms with E-state index in [1.807, 2.05) is 53.9 Å². The molecule has 2 heterocycles. The maximum atomic E-state index is 12.2. The Morgan fingerprint density at radius 1 is 1.10 bits per heavy atom. The Morgan fingerprint density at radius 3 is 2.53 bits per heavy atom. The SMILES string of the molecule is CCc1ccc(OCCC(=O)Nc2nc3scc(-c4ccc(OC)cc4)n3n2)cc1. The van der Waals surface area contributed by atoms with Crippen LogP contribution in [0.5, 0.6) is 11.5 Å². The Hall–Kier alpha value is -3.39.